The minimum Gasteiger partial charge on any atom is -0.406 e. The number of nitrogens with zero attached hydrogens (tertiary/aromatic N) is 2. The summed E-state index contributed by atoms with van der Waals surface area (Å²) in [6.45, 7) is -0.716. The van der Waals surface area contributed by atoms with Crippen molar-refractivity contribution in [2.75, 3.05) is 0 Å². The van der Waals surface area contributed by atoms with Crippen LogP contribution in [0.3, 0.4) is 0 Å². The van der Waals surface area contributed by atoms with Crippen LogP contribution in [0.25, 0.3) is 22.0 Å². The number of pyridine rings is 1. The van der Waals surface area contributed by atoms with Crippen LogP contribution in [0.15, 0.2) is 54.7 Å². The van der Waals surface area contributed by atoms with Crippen molar-refractivity contribution in [2.24, 2.45) is 0 Å². The fourth-order valence-corrected chi connectivity index (χ4v) is 3.59. The normalized spacial score (nSPS) is 11.8. The Labute approximate surface area is 177 Å². The number of benzene rings is 2. The van der Waals surface area contributed by atoms with Gasteiger partial charge in [0.25, 0.3) is 0 Å². The number of alkyl halides is 3. The molecule has 0 unspecified atom stereocenters. The molecule has 4 aromatic rings. The van der Waals surface area contributed by atoms with Crippen LogP contribution in [0.5, 0.6) is 5.75 Å². The topological polar surface area (TPSA) is 47.3 Å². The van der Waals surface area contributed by atoms with Crippen molar-refractivity contribution in [3.05, 3.63) is 83.6 Å². The first-order chi connectivity index (χ1) is 15.2. The summed E-state index contributed by atoms with van der Waals surface area (Å²) < 4.78 is 84.6. The molecule has 0 spiro atoms. The van der Waals surface area contributed by atoms with E-state index in [4.69, 9.17) is 0 Å². The Morgan fingerprint density at radius 2 is 1.75 bits per heavy atom. The molecule has 2 aromatic heterocycles. The number of aliphatic hydroxyl groups excluding tert-OH is 1. The molecule has 0 fully saturated rings. The number of fused-ring (bicyclic) bond motifs is 1. The van der Waals surface area contributed by atoms with Crippen LogP contribution in [-0.2, 0) is 13.2 Å². The summed E-state index contributed by atoms with van der Waals surface area (Å²) >= 11 is 0. The second-order valence-electron chi connectivity index (χ2n) is 6.90. The van der Waals surface area contributed by atoms with Crippen molar-refractivity contribution >= 4 is 10.9 Å². The van der Waals surface area contributed by atoms with E-state index in [2.05, 4.69) is 9.72 Å². The Kier molecular flexibility index (Phi) is 5.55. The van der Waals surface area contributed by atoms with Crippen LogP contribution >= 0.6 is 0 Å². The Morgan fingerprint density at radius 3 is 2.38 bits per heavy atom. The van der Waals surface area contributed by atoms with E-state index in [-0.39, 0.29) is 28.8 Å². The van der Waals surface area contributed by atoms with Gasteiger partial charge < -0.3 is 14.4 Å². The lowest BCUT2D eigenvalue weighted by Crippen LogP contribution is -2.17. The Bertz CT molecular complexity index is 1280. The van der Waals surface area contributed by atoms with E-state index >= 15 is 0 Å². The second kappa shape index (κ2) is 8.19. The van der Waals surface area contributed by atoms with Crippen molar-refractivity contribution in [3.8, 4) is 16.9 Å². The predicted molar refractivity (Wildman–Crippen MR) is 103 cm³/mol. The van der Waals surface area contributed by atoms with Gasteiger partial charge in [0.15, 0.2) is 0 Å². The molecule has 10 heteroatoms. The highest BCUT2D eigenvalue weighted by molar-refractivity contribution is 5.99. The lowest BCUT2D eigenvalue weighted by molar-refractivity contribution is -0.274. The summed E-state index contributed by atoms with van der Waals surface area (Å²) in [6, 6.07) is 8.98. The summed E-state index contributed by atoms with van der Waals surface area (Å²) in [5.74, 6) is -2.86. The van der Waals surface area contributed by atoms with Crippen molar-refractivity contribution in [2.45, 2.75) is 19.5 Å². The predicted octanol–water partition coefficient (Wildman–Crippen LogP) is 5.56. The molecule has 2 aromatic carbocycles. The van der Waals surface area contributed by atoms with Crippen LogP contribution in [0, 0.1) is 17.6 Å². The summed E-state index contributed by atoms with van der Waals surface area (Å²) in [5.41, 5.74) is 1.28. The maximum atomic E-state index is 14.3. The van der Waals surface area contributed by atoms with Crippen LogP contribution < -0.4 is 4.74 Å². The van der Waals surface area contributed by atoms with Crippen LogP contribution in [0.1, 0.15) is 11.3 Å². The van der Waals surface area contributed by atoms with Crippen LogP contribution in [0.2, 0.25) is 0 Å². The standard InChI is InChI=1S/C22H14F6N2O2/c23-14-3-1-13(17(24)7-14)10-30-18-5-4-15(32-22(26,27)28)8-16(18)21(19(30)11-31)12-2-6-20(25)29-9-12/h1-9,31H,10-11H2. The van der Waals surface area contributed by atoms with E-state index in [9.17, 15) is 31.4 Å². The number of rotatable bonds is 5. The minimum atomic E-state index is -4.93. The lowest BCUT2D eigenvalue weighted by atomic mass is 10.0. The number of hydrogen-bond donors (Lipinski definition) is 1. The Hall–Kier alpha value is -3.53. The zero-order chi connectivity index (χ0) is 23.0. The molecule has 0 saturated heterocycles. The summed E-state index contributed by atoms with van der Waals surface area (Å²) in [6.07, 6.45) is -3.76. The van der Waals surface area contributed by atoms with E-state index in [0.29, 0.717) is 17.1 Å². The van der Waals surface area contributed by atoms with Gasteiger partial charge in [-0.25, -0.2) is 13.8 Å². The SMILES string of the molecule is OCc1c(-c2ccc(F)nc2)c2cc(OC(F)(F)F)ccc2n1Cc1ccc(F)cc1F. The molecule has 32 heavy (non-hydrogen) atoms. The first-order valence-electron chi connectivity index (χ1n) is 9.24. The molecule has 2 heterocycles. The maximum absolute atomic E-state index is 14.3. The number of aromatic nitrogens is 2. The Balaban J connectivity index is 1.95. The van der Waals surface area contributed by atoms with E-state index in [1.54, 1.807) is 0 Å². The van der Waals surface area contributed by atoms with Crippen molar-refractivity contribution in [1.82, 2.24) is 9.55 Å². The fourth-order valence-electron chi connectivity index (χ4n) is 3.59. The number of halogens is 6. The largest absolute Gasteiger partial charge is 0.573 e. The molecule has 166 valence electrons. The van der Waals surface area contributed by atoms with E-state index in [1.807, 2.05) is 0 Å². The molecule has 0 atom stereocenters. The van der Waals surface area contributed by atoms with Gasteiger partial charge in [0.1, 0.15) is 17.4 Å². The van der Waals surface area contributed by atoms with Gasteiger partial charge in [0.05, 0.1) is 18.8 Å². The Morgan fingerprint density at radius 1 is 0.969 bits per heavy atom. The molecule has 0 aliphatic carbocycles. The average molecular weight is 452 g/mol. The first kappa shape index (κ1) is 21.7. The van der Waals surface area contributed by atoms with Gasteiger partial charge in [0, 0.05) is 39.9 Å². The summed E-state index contributed by atoms with van der Waals surface area (Å²) in [7, 11) is 0. The van der Waals surface area contributed by atoms with Gasteiger partial charge in [-0.15, -0.1) is 13.2 Å². The molecular weight excluding hydrogens is 438 g/mol. The quantitative estimate of drug-likeness (QED) is 0.319. The van der Waals surface area contributed by atoms with Gasteiger partial charge in [-0.3, -0.25) is 0 Å². The first-order valence-corrected chi connectivity index (χ1v) is 9.24. The third kappa shape index (κ3) is 4.26. The molecular formula is C22H14F6N2O2. The molecule has 0 bridgehead atoms. The van der Waals surface area contributed by atoms with Gasteiger partial charge in [-0.1, -0.05) is 6.07 Å². The molecule has 4 nitrogen and oxygen atoms in total. The van der Waals surface area contributed by atoms with Crippen molar-refractivity contribution in [1.29, 1.82) is 0 Å². The molecule has 0 aliphatic rings. The third-order valence-corrected chi connectivity index (χ3v) is 4.89. The van der Waals surface area contributed by atoms with E-state index in [0.717, 1.165) is 24.3 Å². The van der Waals surface area contributed by atoms with Crippen molar-refractivity contribution < 1.29 is 36.2 Å². The highest BCUT2D eigenvalue weighted by Gasteiger charge is 2.31. The summed E-state index contributed by atoms with van der Waals surface area (Å²) in [5, 5.41) is 10.3. The number of aliphatic hydroxyl groups is 1. The van der Waals surface area contributed by atoms with Crippen molar-refractivity contribution in [3.63, 3.8) is 0 Å². The lowest BCUT2D eigenvalue weighted by Gasteiger charge is -2.12. The monoisotopic (exact) mass is 452 g/mol. The fraction of sp³-hybridized carbons (Fsp3) is 0.136. The zero-order valence-corrected chi connectivity index (χ0v) is 16.1. The summed E-state index contributed by atoms with van der Waals surface area (Å²) in [4.78, 5) is 3.57. The van der Waals surface area contributed by atoms with Gasteiger partial charge in [-0.2, -0.15) is 4.39 Å². The van der Waals surface area contributed by atoms with E-state index < -0.39 is 36.3 Å². The number of hydrogen-bond acceptors (Lipinski definition) is 3. The average Bonchev–Trinajstić information content (AvgIpc) is 3.02. The smallest absolute Gasteiger partial charge is 0.406 e. The van der Waals surface area contributed by atoms with Crippen LogP contribution in [0.4, 0.5) is 26.3 Å². The number of ether oxygens (including phenoxy) is 1. The van der Waals surface area contributed by atoms with Crippen LogP contribution in [-0.4, -0.2) is 21.0 Å². The van der Waals surface area contributed by atoms with Gasteiger partial charge in [-0.05, 0) is 36.4 Å². The maximum Gasteiger partial charge on any atom is 0.573 e. The molecule has 1 N–H and O–H groups in total. The minimum absolute atomic E-state index is 0.0948. The molecule has 0 aliphatic heterocycles. The highest BCUT2D eigenvalue weighted by atomic mass is 19.4. The molecule has 0 amide bonds. The van der Waals surface area contributed by atoms with Gasteiger partial charge in [0.2, 0.25) is 5.95 Å². The highest BCUT2D eigenvalue weighted by Crippen LogP contribution is 2.38. The molecule has 4 rings (SSSR count). The zero-order valence-electron chi connectivity index (χ0n) is 16.1. The third-order valence-electron chi connectivity index (χ3n) is 4.89. The molecule has 0 radical (unpaired) electrons. The van der Waals surface area contributed by atoms with Gasteiger partial charge >= 0.3 is 6.36 Å². The molecule has 0 saturated carbocycles. The second-order valence-corrected chi connectivity index (χ2v) is 6.90. The van der Waals surface area contributed by atoms with E-state index in [1.165, 1.54) is 29.0 Å².